The Morgan fingerprint density at radius 3 is 2.58 bits per heavy atom. The summed E-state index contributed by atoms with van der Waals surface area (Å²) in [6, 6.07) is 0. The van der Waals surface area contributed by atoms with E-state index in [2.05, 4.69) is 14.7 Å². The molecule has 1 unspecified atom stereocenters. The average molecular weight is 289 g/mol. The smallest absolute Gasteiger partial charge is 0.307 e. The molecule has 0 aromatic carbocycles. The van der Waals surface area contributed by atoms with Crippen molar-refractivity contribution in [2.75, 3.05) is 6.54 Å². The fourth-order valence-electron chi connectivity index (χ4n) is 1.66. The third-order valence-electron chi connectivity index (χ3n) is 2.49. The van der Waals surface area contributed by atoms with Gasteiger partial charge in [-0.2, -0.15) is 0 Å². The molecular weight excluding hydrogens is 270 g/mol. The molecule has 0 aliphatic rings. The lowest BCUT2D eigenvalue weighted by molar-refractivity contribution is -0.142. The van der Waals surface area contributed by atoms with Crippen molar-refractivity contribution in [3.63, 3.8) is 0 Å². The maximum absolute atomic E-state index is 11.8. The number of nitrogens with one attached hydrogen (secondary N) is 2. The lowest BCUT2D eigenvalue weighted by atomic mass is 9.85. The second kappa shape index (κ2) is 5.70. The van der Waals surface area contributed by atoms with Crippen molar-refractivity contribution < 1.29 is 18.3 Å². The van der Waals surface area contributed by atoms with Gasteiger partial charge in [-0.25, -0.2) is 18.1 Å². The predicted molar refractivity (Wildman–Crippen MR) is 69.0 cm³/mol. The molecule has 0 aliphatic heterocycles. The highest BCUT2D eigenvalue weighted by atomic mass is 32.2. The topological polar surface area (TPSA) is 112 Å². The van der Waals surface area contributed by atoms with Crippen LogP contribution in [-0.4, -0.2) is 36.0 Å². The lowest BCUT2D eigenvalue weighted by Crippen LogP contribution is -2.35. The summed E-state index contributed by atoms with van der Waals surface area (Å²) in [5.74, 6) is -1.78. The highest BCUT2D eigenvalue weighted by Crippen LogP contribution is 2.24. The SMILES string of the molecule is CC(C)(C)CC(CNS(=O)(=O)c1cnc[nH]1)C(=O)O. The Morgan fingerprint density at radius 2 is 2.16 bits per heavy atom. The summed E-state index contributed by atoms with van der Waals surface area (Å²) < 4.78 is 25.9. The number of nitrogens with zero attached hydrogens (tertiary/aromatic N) is 1. The molecule has 0 radical (unpaired) electrons. The molecule has 1 atom stereocenters. The number of carboxylic acids is 1. The number of sulfonamides is 1. The van der Waals surface area contributed by atoms with E-state index in [4.69, 9.17) is 5.11 Å². The number of aromatic nitrogens is 2. The molecule has 3 N–H and O–H groups in total. The van der Waals surface area contributed by atoms with Gasteiger partial charge in [-0.05, 0) is 11.8 Å². The van der Waals surface area contributed by atoms with Crippen molar-refractivity contribution in [2.24, 2.45) is 11.3 Å². The molecule has 7 nitrogen and oxygen atoms in total. The minimum atomic E-state index is -3.73. The molecule has 0 saturated heterocycles. The molecule has 19 heavy (non-hydrogen) atoms. The van der Waals surface area contributed by atoms with Gasteiger partial charge in [0.25, 0.3) is 10.0 Å². The van der Waals surface area contributed by atoms with E-state index in [1.54, 1.807) is 0 Å². The fraction of sp³-hybridized carbons (Fsp3) is 0.636. The lowest BCUT2D eigenvalue weighted by Gasteiger charge is -2.23. The van der Waals surface area contributed by atoms with Crippen LogP contribution in [0.3, 0.4) is 0 Å². The van der Waals surface area contributed by atoms with Crippen molar-refractivity contribution in [3.05, 3.63) is 12.5 Å². The van der Waals surface area contributed by atoms with Gasteiger partial charge in [-0.3, -0.25) is 4.79 Å². The van der Waals surface area contributed by atoms with Gasteiger partial charge in [0.15, 0.2) is 5.03 Å². The van der Waals surface area contributed by atoms with Gasteiger partial charge in [-0.15, -0.1) is 0 Å². The monoisotopic (exact) mass is 289 g/mol. The number of aliphatic carboxylic acids is 1. The number of aromatic amines is 1. The first kappa shape index (κ1) is 15.6. The van der Waals surface area contributed by atoms with E-state index in [1.165, 1.54) is 12.5 Å². The van der Waals surface area contributed by atoms with Gasteiger partial charge in [0.2, 0.25) is 0 Å². The number of H-pyrrole nitrogens is 1. The van der Waals surface area contributed by atoms with Crippen LogP contribution in [-0.2, 0) is 14.8 Å². The minimum absolute atomic E-state index is 0.0765. The molecule has 1 aromatic rings. The van der Waals surface area contributed by atoms with E-state index in [0.29, 0.717) is 6.42 Å². The summed E-state index contributed by atoms with van der Waals surface area (Å²) in [6.07, 6.45) is 2.80. The largest absolute Gasteiger partial charge is 0.481 e. The second-order valence-corrected chi connectivity index (χ2v) is 7.30. The molecule has 1 rings (SSSR count). The minimum Gasteiger partial charge on any atom is -0.481 e. The number of carboxylic acid groups (broad SMARTS) is 1. The van der Waals surface area contributed by atoms with Crippen LogP contribution in [0, 0.1) is 11.3 Å². The highest BCUT2D eigenvalue weighted by molar-refractivity contribution is 7.89. The predicted octanol–water partition coefficient (Wildman–Crippen LogP) is 0.825. The maximum atomic E-state index is 11.8. The van der Waals surface area contributed by atoms with Crippen LogP contribution in [0.5, 0.6) is 0 Å². The zero-order chi connectivity index (χ0) is 14.7. The number of imidazole rings is 1. The Bertz CT molecular complexity index is 517. The van der Waals surface area contributed by atoms with Crippen LogP contribution in [0.25, 0.3) is 0 Å². The Morgan fingerprint density at radius 1 is 1.53 bits per heavy atom. The van der Waals surface area contributed by atoms with Crippen LogP contribution >= 0.6 is 0 Å². The van der Waals surface area contributed by atoms with Gasteiger partial charge in [0, 0.05) is 6.54 Å². The third kappa shape index (κ3) is 4.99. The zero-order valence-electron chi connectivity index (χ0n) is 11.2. The summed E-state index contributed by atoms with van der Waals surface area (Å²) in [4.78, 5) is 17.2. The number of hydrogen-bond donors (Lipinski definition) is 3. The summed E-state index contributed by atoms with van der Waals surface area (Å²) in [5.41, 5.74) is -0.192. The first-order chi connectivity index (χ1) is 8.62. The van der Waals surface area contributed by atoms with Crippen LogP contribution < -0.4 is 4.72 Å². The van der Waals surface area contributed by atoms with E-state index in [9.17, 15) is 13.2 Å². The molecule has 108 valence electrons. The first-order valence-electron chi connectivity index (χ1n) is 5.83. The maximum Gasteiger partial charge on any atom is 0.307 e. The number of carbonyl (C=O) groups is 1. The van der Waals surface area contributed by atoms with E-state index < -0.39 is 21.9 Å². The summed E-state index contributed by atoms with van der Waals surface area (Å²) in [6.45, 7) is 5.58. The zero-order valence-corrected chi connectivity index (χ0v) is 12.0. The van der Waals surface area contributed by atoms with Crippen molar-refractivity contribution in [3.8, 4) is 0 Å². The Balaban J connectivity index is 2.70. The molecule has 0 saturated carbocycles. The summed E-state index contributed by atoms with van der Waals surface area (Å²) in [7, 11) is -3.73. The molecule has 0 aliphatic carbocycles. The normalized spacial score (nSPS) is 14.3. The molecule has 0 spiro atoms. The van der Waals surface area contributed by atoms with Gasteiger partial charge < -0.3 is 10.1 Å². The Hall–Kier alpha value is -1.41. The number of hydrogen-bond acceptors (Lipinski definition) is 4. The molecule has 1 heterocycles. The third-order valence-corrected chi connectivity index (χ3v) is 3.84. The first-order valence-corrected chi connectivity index (χ1v) is 7.31. The Kier molecular flexibility index (Phi) is 4.70. The van der Waals surface area contributed by atoms with Crippen LogP contribution in [0.2, 0.25) is 0 Å². The Labute approximate surface area is 112 Å². The van der Waals surface area contributed by atoms with Crippen molar-refractivity contribution >= 4 is 16.0 Å². The summed E-state index contributed by atoms with van der Waals surface area (Å²) in [5, 5.41) is 9.03. The van der Waals surface area contributed by atoms with Crippen molar-refractivity contribution in [1.82, 2.24) is 14.7 Å². The van der Waals surface area contributed by atoms with Gasteiger partial charge in [0.05, 0.1) is 18.4 Å². The van der Waals surface area contributed by atoms with Gasteiger partial charge in [-0.1, -0.05) is 20.8 Å². The van der Waals surface area contributed by atoms with Gasteiger partial charge >= 0.3 is 5.97 Å². The molecule has 0 amide bonds. The van der Waals surface area contributed by atoms with E-state index in [-0.39, 0.29) is 17.0 Å². The van der Waals surface area contributed by atoms with Crippen molar-refractivity contribution in [1.29, 1.82) is 0 Å². The average Bonchev–Trinajstić information content (AvgIpc) is 2.76. The number of rotatable bonds is 6. The van der Waals surface area contributed by atoms with Gasteiger partial charge in [0.1, 0.15) is 0 Å². The molecule has 0 bridgehead atoms. The molecule has 1 aromatic heterocycles. The van der Waals surface area contributed by atoms with Crippen LogP contribution in [0.15, 0.2) is 17.6 Å². The second-order valence-electron chi connectivity index (χ2n) is 5.57. The molecular formula is C11H19N3O4S. The van der Waals surface area contributed by atoms with E-state index in [0.717, 1.165) is 0 Å². The standard InChI is InChI=1S/C11H19N3O4S/c1-11(2,3)4-8(10(15)16)5-14-19(17,18)9-6-12-7-13-9/h6-8,14H,4-5H2,1-3H3,(H,12,13)(H,15,16). The van der Waals surface area contributed by atoms with Crippen molar-refractivity contribution in [2.45, 2.75) is 32.2 Å². The molecule has 0 fully saturated rings. The van der Waals surface area contributed by atoms with Crippen LogP contribution in [0.1, 0.15) is 27.2 Å². The van der Waals surface area contributed by atoms with E-state index in [1.807, 2.05) is 20.8 Å². The fourth-order valence-corrected chi connectivity index (χ4v) is 2.65. The summed E-state index contributed by atoms with van der Waals surface area (Å²) >= 11 is 0. The highest BCUT2D eigenvalue weighted by Gasteiger charge is 2.26. The quantitative estimate of drug-likeness (QED) is 0.718. The van der Waals surface area contributed by atoms with Crippen LogP contribution in [0.4, 0.5) is 0 Å². The van der Waals surface area contributed by atoms with E-state index >= 15 is 0 Å². The molecule has 8 heteroatoms.